The van der Waals surface area contributed by atoms with Gasteiger partial charge in [-0.25, -0.2) is 0 Å². The largest absolute Gasteiger partial charge is 0.486 e. The maximum absolute atomic E-state index is 13.5. The average molecular weight is 645 g/mol. The molecule has 1 saturated heterocycles. The van der Waals surface area contributed by atoms with Gasteiger partial charge >= 0.3 is 7.60 Å². The lowest BCUT2D eigenvalue weighted by Gasteiger charge is -2.43. The van der Waals surface area contributed by atoms with E-state index >= 15 is 0 Å². The average Bonchev–Trinajstić information content (AvgIpc) is 3.11. The molecule has 0 amide bonds. The Kier molecular flexibility index (Phi) is 12.7. The molecule has 0 bridgehead atoms. The summed E-state index contributed by atoms with van der Waals surface area (Å²) in [6, 6.07) is 39.5. The van der Waals surface area contributed by atoms with Crippen LogP contribution >= 0.6 is 7.60 Å². The lowest BCUT2D eigenvalue weighted by atomic mass is 9.97. The molecule has 1 aliphatic heterocycles. The van der Waals surface area contributed by atoms with Crippen LogP contribution in [0.5, 0.6) is 0 Å². The minimum absolute atomic E-state index is 0.173. The van der Waals surface area contributed by atoms with E-state index in [4.69, 9.17) is 32.7 Å². The molecule has 0 spiro atoms. The summed E-state index contributed by atoms with van der Waals surface area (Å²) in [6.45, 7) is 1.41. The zero-order valence-corrected chi connectivity index (χ0v) is 27.1. The van der Waals surface area contributed by atoms with E-state index in [0.717, 1.165) is 22.3 Å². The zero-order valence-electron chi connectivity index (χ0n) is 26.2. The van der Waals surface area contributed by atoms with Crippen LogP contribution in [0.3, 0.4) is 0 Å². The second kappa shape index (κ2) is 17.4. The van der Waals surface area contributed by atoms with Crippen molar-refractivity contribution in [3.05, 3.63) is 155 Å². The van der Waals surface area contributed by atoms with Gasteiger partial charge in [0, 0.05) is 14.2 Å². The van der Waals surface area contributed by atoms with E-state index in [1.165, 1.54) is 20.0 Å². The molecular formula is C37H41O8P. The molecule has 9 heteroatoms. The Labute approximate surface area is 271 Å². The Balaban J connectivity index is 1.50. The Morgan fingerprint density at radius 1 is 0.587 bits per heavy atom. The van der Waals surface area contributed by atoms with Gasteiger partial charge in [0.05, 0.1) is 38.9 Å². The molecule has 0 radical (unpaired) electrons. The first-order chi connectivity index (χ1) is 22.6. The highest BCUT2D eigenvalue weighted by Gasteiger charge is 2.47. The lowest BCUT2D eigenvalue weighted by molar-refractivity contribution is -0.223. The number of ether oxygens (including phenoxy) is 5. The van der Waals surface area contributed by atoms with E-state index in [1.54, 1.807) is 0 Å². The number of benzene rings is 4. The van der Waals surface area contributed by atoms with Gasteiger partial charge in [-0.3, -0.25) is 4.57 Å². The third-order valence-corrected chi connectivity index (χ3v) is 9.18. The van der Waals surface area contributed by atoms with Crippen LogP contribution in [0.4, 0.5) is 0 Å². The highest BCUT2D eigenvalue weighted by Crippen LogP contribution is 2.50. The van der Waals surface area contributed by atoms with Crippen molar-refractivity contribution in [3.63, 3.8) is 0 Å². The van der Waals surface area contributed by atoms with Gasteiger partial charge in [0.2, 0.25) is 0 Å². The lowest BCUT2D eigenvalue weighted by Crippen LogP contribution is -2.56. The molecule has 1 fully saturated rings. The van der Waals surface area contributed by atoms with E-state index in [-0.39, 0.29) is 19.0 Å². The molecular weight excluding hydrogens is 603 g/mol. The first kappa shape index (κ1) is 33.8. The van der Waals surface area contributed by atoms with Gasteiger partial charge in [0.1, 0.15) is 24.1 Å². The van der Waals surface area contributed by atoms with Crippen LogP contribution in [0.2, 0.25) is 0 Å². The predicted octanol–water partition coefficient (Wildman–Crippen LogP) is 7.69. The number of rotatable bonds is 16. The van der Waals surface area contributed by atoms with Crippen molar-refractivity contribution >= 4 is 7.60 Å². The van der Waals surface area contributed by atoms with E-state index in [1.807, 2.05) is 121 Å². The van der Waals surface area contributed by atoms with Gasteiger partial charge in [0.15, 0.2) is 6.10 Å². The molecule has 5 rings (SSSR count). The SMILES string of the molecule is COP(=O)(/C=C1\O[C@H](COCc2ccccc2)[C@@H](OCc2ccccc2)[C@H](OCc2ccccc2)[C@H]1OCc1ccccc1)OC. The van der Waals surface area contributed by atoms with E-state index in [2.05, 4.69) is 0 Å². The molecule has 0 N–H and O–H groups in total. The highest BCUT2D eigenvalue weighted by atomic mass is 31.2. The van der Waals surface area contributed by atoms with Gasteiger partial charge in [-0.05, 0) is 22.3 Å². The molecule has 0 aliphatic carbocycles. The molecule has 0 saturated carbocycles. The summed E-state index contributed by atoms with van der Waals surface area (Å²) in [4.78, 5) is 0. The molecule has 242 valence electrons. The Morgan fingerprint density at radius 2 is 1.00 bits per heavy atom. The van der Waals surface area contributed by atoms with Gasteiger partial charge in [0.25, 0.3) is 0 Å². The maximum atomic E-state index is 13.5. The van der Waals surface area contributed by atoms with Gasteiger partial charge in [-0.15, -0.1) is 0 Å². The molecule has 0 aromatic heterocycles. The van der Waals surface area contributed by atoms with Crippen LogP contribution < -0.4 is 0 Å². The van der Waals surface area contributed by atoms with Crippen molar-refractivity contribution in [2.75, 3.05) is 20.8 Å². The molecule has 1 aliphatic rings. The predicted molar refractivity (Wildman–Crippen MR) is 176 cm³/mol. The zero-order chi connectivity index (χ0) is 32.0. The fourth-order valence-corrected chi connectivity index (χ4v) is 6.02. The summed E-state index contributed by atoms with van der Waals surface area (Å²) in [6.07, 6.45) is -2.76. The van der Waals surface area contributed by atoms with Crippen molar-refractivity contribution in [1.82, 2.24) is 0 Å². The fraction of sp³-hybridized carbons (Fsp3) is 0.297. The molecule has 0 unspecified atom stereocenters. The highest BCUT2D eigenvalue weighted by molar-refractivity contribution is 7.57. The van der Waals surface area contributed by atoms with Gasteiger partial charge in [-0.1, -0.05) is 121 Å². The molecule has 4 aromatic rings. The van der Waals surface area contributed by atoms with E-state index in [9.17, 15) is 4.57 Å². The molecule has 8 nitrogen and oxygen atoms in total. The van der Waals surface area contributed by atoms with Crippen LogP contribution in [-0.4, -0.2) is 45.2 Å². The first-order valence-corrected chi connectivity index (χ1v) is 16.9. The Hall–Kier alpha value is -3.59. The summed E-state index contributed by atoms with van der Waals surface area (Å²) >= 11 is 0. The normalized spacial score (nSPS) is 20.8. The smallest absolute Gasteiger partial charge is 0.357 e. The Bertz CT molecular complexity index is 1510. The maximum Gasteiger partial charge on any atom is 0.357 e. The molecule has 4 aromatic carbocycles. The standard InChI is InChI=1S/C37H41O8P/c1-39-46(38,40-2)28-34-36(43-25-31-19-11-5-12-20-31)37(44-26-32-21-13-6-14-22-32)35(42-24-30-17-9-4-10-18-30)33(45-34)27-41-23-29-15-7-3-8-16-29/h3-22,28,33,35-37H,23-27H2,1-2H3/b34-28-/t33-,35-,36+,37+/m1/s1. The van der Waals surface area contributed by atoms with Gasteiger partial charge < -0.3 is 32.7 Å². The molecule has 1 heterocycles. The second-order valence-electron chi connectivity index (χ2n) is 10.8. The summed E-state index contributed by atoms with van der Waals surface area (Å²) < 4.78 is 56.7. The minimum Gasteiger partial charge on any atom is -0.486 e. The van der Waals surface area contributed by atoms with Gasteiger partial charge in [-0.2, -0.15) is 0 Å². The quantitative estimate of drug-likeness (QED) is 0.115. The minimum atomic E-state index is -3.67. The van der Waals surface area contributed by atoms with E-state index < -0.39 is 32.0 Å². The summed E-state index contributed by atoms with van der Waals surface area (Å²) in [5.41, 5.74) is 3.97. The van der Waals surface area contributed by atoms with Crippen LogP contribution in [0.1, 0.15) is 22.3 Å². The fourth-order valence-electron chi connectivity index (χ4n) is 5.15. The van der Waals surface area contributed by atoms with Crippen molar-refractivity contribution in [3.8, 4) is 0 Å². The monoisotopic (exact) mass is 644 g/mol. The summed E-state index contributed by atoms with van der Waals surface area (Å²) in [5, 5.41) is 0. The van der Waals surface area contributed by atoms with Crippen molar-refractivity contribution < 1.29 is 37.3 Å². The second-order valence-corrected chi connectivity index (χ2v) is 12.9. The third-order valence-electron chi connectivity index (χ3n) is 7.59. The van der Waals surface area contributed by atoms with Crippen LogP contribution in [0.25, 0.3) is 0 Å². The topological polar surface area (TPSA) is 81.7 Å². The first-order valence-electron chi connectivity index (χ1n) is 15.3. The van der Waals surface area contributed by atoms with Crippen LogP contribution in [0.15, 0.2) is 133 Å². The number of hydrogen-bond acceptors (Lipinski definition) is 8. The summed E-state index contributed by atoms with van der Waals surface area (Å²) in [7, 11) is -1.01. The van der Waals surface area contributed by atoms with Crippen molar-refractivity contribution in [2.24, 2.45) is 0 Å². The molecule has 46 heavy (non-hydrogen) atoms. The van der Waals surface area contributed by atoms with Crippen molar-refractivity contribution in [1.29, 1.82) is 0 Å². The number of hydrogen-bond donors (Lipinski definition) is 0. The Morgan fingerprint density at radius 3 is 1.46 bits per heavy atom. The van der Waals surface area contributed by atoms with Crippen LogP contribution in [0, 0.1) is 0 Å². The van der Waals surface area contributed by atoms with Crippen LogP contribution in [-0.2, 0) is 63.7 Å². The molecule has 4 atom stereocenters. The van der Waals surface area contributed by atoms with Crippen molar-refractivity contribution in [2.45, 2.75) is 50.8 Å². The summed E-state index contributed by atoms with van der Waals surface area (Å²) in [5.74, 6) is 1.65. The third kappa shape index (κ3) is 9.71. The van der Waals surface area contributed by atoms with E-state index in [0.29, 0.717) is 19.8 Å².